The highest BCUT2D eigenvalue weighted by Crippen LogP contribution is 2.39. The minimum absolute atomic E-state index is 0.109. The molecule has 21 heavy (non-hydrogen) atoms. The number of likely N-dealkylation sites (tertiary alicyclic amines) is 1. The zero-order chi connectivity index (χ0) is 15.8. The van der Waals surface area contributed by atoms with Gasteiger partial charge in [0.05, 0.1) is 18.7 Å². The van der Waals surface area contributed by atoms with Gasteiger partial charge in [0.25, 0.3) is 0 Å². The molecule has 1 saturated heterocycles. The molecule has 0 unspecified atom stereocenters. The number of carbonyl (C=O) groups excluding carboxylic acids is 1. The Morgan fingerprint density at radius 3 is 2.76 bits per heavy atom. The van der Waals surface area contributed by atoms with Crippen molar-refractivity contribution in [3.05, 3.63) is 23.0 Å². The number of aromatic nitrogens is 1. The van der Waals surface area contributed by atoms with Crippen LogP contribution < -0.4 is 0 Å². The number of rotatable bonds is 1. The van der Waals surface area contributed by atoms with Crippen LogP contribution in [0.4, 0.5) is 4.79 Å². The molecule has 1 aliphatic heterocycles. The Morgan fingerprint density at radius 2 is 2.14 bits per heavy atom. The number of aliphatic hydroxyl groups is 1. The van der Waals surface area contributed by atoms with Crippen molar-refractivity contribution in [2.75, 3.05) is 6.54 Å². The molecule has 0 saturated carbocycles. The predicted molar refractivity (Wildman–Crippen MR) is 77.2 cm³/mol. The Hall–Kier alpha value is -1.53. The summed E-state index contributed by atoms with van der Waals surface area (Å²) in [5.74, 6) is -0.126. The van der Waals surface area contributed by atoms with E-state index in [4.69, 9.17) is 16.3 Å². The summed E-state index contributed by atoms with van der Waals surface area (Å²) in [5.41, 5.74) is -0.228. The van der Waals surface area contributed by atoms with Crippen molar-refractivity contribution in [3.8, 4) is 5.75 Å². The van der Waals surface area contributed by atoms with Gasteiger partial charge in [0.1, 0.15) is 16.4 Å². The molecule has 2 heterocycles. The van der Waals surface area contributed by atoms with Crippen molar-refractivity contribution < 1.29 is 19.7 Å². The van der Waals surface area contributed by atoms with Gasteiger partial charge in [-0.3, -0.25) is 9.88 Å². The molecule has 0 radical (unpaired) electrons. The number of ether oxygens (including phenoxy) is 1. The van der Waals surface area contributed by atoms with Crippen LogP contribution in [0.5, 0.6) is 5.75 Å². The highest BCUT2D eigenvalue weighted by Gasteiger charge is 2.39. The number of hydrogen-bond donors (Lipinski definition) is 2. The fourth-order valence-corrected chi connectivity index (χ4v) is 2.48. The maximum absolute atomic E-state index is 12.2. The van der Waals surface area contributed by atoms with Gasteiger partial charge in [0, 0.05) is 18.0 Å². The number of pyridine rings is 1. The van der Waals surface area contributed by atoms with Crippen LogP contribution in [0.2, 0.25) is 5.02 Å². The molecule has 1 amide bonds. The van der Waals surface area contributed by atoms with E-state index in [9.17, 15) is 15.0 Å². The van der Waals surface area contributed by atoms with E-state index in [0.717, 1.165) is 0 Å². The van der Waals surface area contributed by atoms with Crippen molar-refractivity contribution >= 4 is 17.7 Å². The van der Waals surface area contributed by atoms with Crippen LogP contribution in [0.1, 0.15) is 38.8 Å². The molecule has 0 bridgehead atoms. The largest absolute Gasteiger partial charge is 0.506 e. The third-order valence-corrected chi connectivity index (χ3v) is 3.44. The van der Waals surface area contributed by atoms with E-state index in [2.05, 4.69) is 4.98 Å². The molecule has 1 fully saturated rings. The van der Waals surface area contributed by atoms with Gasteiger partial charge in [-0.2, -0.15) is 0 Å². The minimum Gasteiger partial charge on any atom is -0.506 e. The van der Waals surface area contributed by atoms with Crippen LogP contribution in [0, 0.1) is 0 Å². The Labute approximate surface area is 128 Å². The average Bonchev–Trinajstić information content (AvgIpc) is 2.73. The number of nitrogens with zero attached hydrogens (tertiary/aromatic N) is 2. The zero-order valence-corrected chi connectivity index (χ0v) is 13.0. The fourth-order valence-electron chi connectivity index (χ4n) is 2.32. The third-order valence-electron chi connectivity index (χ3n) is 3.17. The molecule has 6 nitrogen and oxygen atoms in total. The van der Waals surface area contributed by atoms with Crippen LogP contribution in [-0.4, -0.2) is 44.4 Å². The molecule has 2 N–H and O–H groups in total. The quantitative estimate of drug-likeness (QED) is 0.832. The molecular weight excluding hydrogens is 296 g/mol. The molecule has 2 atom stereocenters. The predicted octanol–water partition coefficient (Wildman–Crippen LogP) is 2.48. The van der Waals surface area contributed by atoms with Gasteiger partial charge in [-0.15, -0.1) is 0 Å². The van der Waals surface area contributed by atoms with Crippen molar-refractivity contribution in [2.24, 2.45) is 0 Å². The maximum atomic E-state index is 12.2. The molecular formula is C14H19ClN2O4. The van der Waals surface area contributed by atoms with Gasteiger partial charge in [0.15, 0.2) is 0 Å². The van der Waals surface area contributed by atoms with Gasteiger partial charge >= 0.3 is 6.09 Å². The standard InChI is InChI=1S/C14H19ClN2O4/c1-14(2,3)21-13(20)17-7-8(18)4-11(17)9-5-16-6-10(15)12(9)19/h5-6,8,11,18H,4,7H2,1-3H3,(H,16,19)/t8-,11+/m1/s1. The lowest BCUT2D eigenvalue weighted by atomic mass is 10.1. The lowest BCUT2D eigenvalue weighted by molar-refractivity contribution is 0.0205. The van der Waals surface area contributed by atoms with Crippen molar-refractivity contribution in [1.82, 2.24) is 9.88 Å². The van der Waals surface area contributed by atoms with E-state index in [0.29, 0.717) is 12.0 Å². The maximum Gasteiger partial charge on any atom is 0.410 e. The SMILES string of the molecule is CC(C)(C)OC(=O)N1C[C@H](O)C[C@H]1c1cncc(Cl)c1O. The van der Waals surface area contributed by atoms with E-state index in [1.165, 1.54) is 17.3 Å². The summed E-state index contributed by atoms with van der Waals surface area (Å²) >= 11 is 5.85. The molecule has 0 spiro atoms. The van der Waals surface area contributed by atoms with Crippen LogP contribution in [0.25, 0.3) is 0 Å². The second-order valence-electron chi connectivity index (χ2n) is 6.10. The second kappa shape index (κ2) is 5.69. The van der Waals surface area contributed by atoms with Gasteiger partial charge in [-0.25, -0.2) is 4.79 Å². The number of carbonyl (C=O) groups is 1. The van der Waals surface area contributed by atoms with E-state index in [-0.39, 0.29) is 17.3 Å². The summed E-state index contributed by atoms with van der Waals surface area (Å²) in [6.07, 6.45) is 1.85. The van der Waals surface area contributed by atoms with Crippen molar-refractivity contribution in [1.29, 1.82) is 0 Å². The molecule has 2 rings (SSSR count). The van der Waals surface area contributed by atoms with Crippen LogP contribution in [0.3, 0.4) is 0 Å². The van der Waals surface area contributed by atoms with Crippen molar-refractivity contribution in [2.45, 2.75) is 44.9 Å². The first-order valence-electron chi connectivity index (χ1n) is 6.69. The molecule has 0 aromatic carbocycles. The number of amides is 1. The Morgan fingerprint density at radius 1 is 1.48 bits per heavy atom. The minimum atomic E-state index is -0.680. The topological polar surface area (TPSA) is 82.9 Å². The summed E-state index contributed by atoms with van der Waals surface area (Å²) < 4.78 is 5.33. The smallest absolute Gasteiger partial charge is 0.410 e. The Kier molecular flexibility index (Phi) is 4.30. The highest BCUT2D eigenvalue weighted by atomic mass is 35.5. The second-order valence-corrected chi connectivity index (χ2v) is 6.50. The summed E-state index contributed by atoms with van der Waals surface area (Å²) in [7, 11) is 0. The highest BCUT2D eigenvalue weighted by molar-refractivity contribution is 6.31. The summed E-state index contributed by atoms with van der Waals surface area (Å²) in [6.45, 7) is 5.45. The van der Waals surface area contributed by atoms with Gasteiger partial charge < -0.3 is 14.9 Å². The summed E-state index contributed by atoms with van der Waals surface area (Å²) in [4.78, 5) is 17.6. The van der Waals surface area contributed by atoms with E-state index in [1.807, 2.05) is 0 Å². The number of halogens is 1. The van der Waals surface area contributed by atoms with E-state index in [1.54, 1.807) is 20.8 Å². The molecule has 7 heteroatoms. The number of aliphatic hydroxyl groups excluding tert-OH is 1. The number of hydrogen-bond acceptors (Lipinski definition) is 5. The van der Waals surface area contributed by atoms with Crippen LogP contribution in [-0.2, 0) is 4.74 Å². The number of β-amino-alcohol motifs (C(OH)–C–C–N with tert-alkyl or cyclic N) is 1. The molecule has 1 aromatic heterocycles. The molecule has 1 aliphatic rings. The Balaban J connectivity index is 2.29. The fraction of sp³-hybridized carbons (Fsp3) is 0.571. The first kappa shape index (κ1) is 15.9. The first-order chi connectivity index (χ1) is 9.69. The normalized spacial score (nSPS) is 22.4. The monoisotopic (exact) mass is 314 g/mol. The van der Waals surface area contributed by atoms with Gasteiger partial charge in [-0.1, -0.05) is 11.6 Å². The van der Waals surface area contributed by atoms with Gasteiger partial charge in [0.2, 0.25) is 0 Å². The Bertz CT molecular complexity index is 544. The van der Waals surface area contributed by atoms with Gasteiger partial charge in [-0.05, 0) is 27.2 Å². The number of aromatic hydroxyl groups is 1. The lowest BCUT2D eigenvalue weighted by Gasteiger charge is -2.28. The van der Waals surface area contributed by atoms with Crippen molar-refractivity contribution in [3.63, 3.8) is 0 Å². The van der Waals surface area contributed by atoms with Crippen LogP contribution in [0.15, 0.2) is 12.4 Å². The lowest BCUT2D eigenvalue weighted by Crippen LogP contribution is -2.37. The third kappa shape index (κ3) is 3.57. The molecule has 0 aliphatic carbocycles. The first-order valence-corrected chi connectivity index (χ1v) is 7.07. The average molecular weight is 315 g/mol. The van der Waals surface area contributed by atoms with Crippen LogP contribution >= 0.6 is 11.6 Å². The summed E-state index contributed by atoms with van der Waals surface area (Å²) in [5, 5.41) is 20.0. The van der Waals surface area contributed by atoms with E-state index < -0.39 is 23.8 Å². The molecule has 1 aromatic rings. The summed E-state index contributed by atoms with van der Waals surface area (Å²) in [6, 6.07) is -0.513. The zero-order valence-electron chi connectivity index (χ0n) is 12.2. The van der Waals surface area contributed by atoms with E-state index >= 15 is 0 Å². The molecule has 116 valence electrons.